The average Bonchev–Trinajstić information content (AvgIpc) is 2.29. The van der Waals surface area contributed by atoms with Gasteiger partial charge in [-0.1, -0.05) is 13.8 Å². The van der Waals surface area contributed by atoms with Gasteiger partial charge in [0.15, 0.2) is 0 Å². The van der Waals surface area contributed by atoms with Gasteiger partial charge in [0.2, 0.25) is 5.91 Å². The van der Waals surface area contributed by atoms with Crippen LogP contribution in [0.25, 0.3) is 0 Å². The number of nitrogens with one attached hydrogen (secondary N) is 2. The van der Waals surface area contributed by atoms with Crippen LogP contribution in [0.4, 0.5) is 0 Å². The van der Waals surface area contributed by atoms with Crippen LogP contribution in [-0.2, 0) is 4.79 Å². The second-order valence-corrected chi connectivity index (χ2v) is 5.55. The third kappa shape index (κ3) is 3.96. The zero-order chi connectivity index (χ0) is 12.9. The summed E-state index contributed by atoms with van der Waals surface area (Å²) in [6, 6.07) is 0.0630. The molecule has 17 heavy (non-hydrogen) atoms. The molecule has 1 saturated heterocycles. The van der Waals surface area contributed by atoms with Gasteiger partial charge in [-0.3, -0.25) is 4.79 Å². The van der Waals surface area contributed by atoms with E-state index in [2.05, 4.69) is 24.5 Å². The molecule has 1 aliphatic rings. The van der Waals surface area contributed by atoms with Crippen LogP contribution < -0.4 is 10.6 Å². The van der Waals surface area contributed by atoms with Crippen molar-refractivity contribution in [3.8, 4) is 0 Å². The monoisotopic (exact) mass is 242 g/mol. The fraction of sp³-hybridized carbons (Fsp3) is 0.923. The lowest BCUT2D eigenvalue weighted by Gasteiger charge is -2.35. The van der Waals surface area contributed by atoms with Gasteiger partial charge in [0, 0.05) is 12.6 Å². The van der Waals surface area contributed by atoms with Crippen LogP contribution >= 0.6 is 0 Å². The van der Waals surface area contributed by atoms with Crippen molar-refractivity contribution in [2.75, 3.05) is 13.2 Å². The van der Waals surface area contributed by atoms with Crippen LogP contribution in [0.1, 0.15) is 46.5 Å². The van der Waals surface area contributed by atoms with Crippen molar-refractivity contribution in [1.82, 2.24) is 10.6 Å². The van der Waals surface area contributed by atoms with E-state index in [-0.39, 0.29) is 18.6 Å². The SMILES string of the molecule is CC(C)C(CCO)NC(=O)C1(C)CCCCN1. The van der Waals surface area contributed by atoms with Gasteiger partial charge in [-0.2, -0.15) is 0 Å². The molecule has 0 aromatic rings. The Hall–Kier alpha value is -0.610. The highest BCUT2D eigenvalue weighted by atomic mass is 16.3. The molecule has 1 amide bonds. The first-order valence-corrected chi connectivity index (χ1v) is 6.66. The van der Waals surface area contributed by atoms with Gasteiger partial charge in [-0.25, -0.2) is 0 Å². The van der Waals surface area contributed by atoms with Crippen molar-refractivity contribution in [3.63, 3.8) is 0 Å². The minimum atomic E-state index is -0.430. The molecule has 100 valence electrons. The molecule has 1 rings (SSSR count). The Labute approximate surface area is 104 Å². The van der Waals surface area contributed by atoms with Crippen molar-refractivity contribution in [2.45, 2.75) is 58.0 Å². The highest BCUT2D eigenvalue weighted by molar-refractivity contribution is 5.86. The molecule has 0 aliphatic carbocycles. The van der Waals surface area contributed by atoms with Crippen molar-refractivity contribution < 1.29 is 9.90 Å². The van der Waals surface area contributed by atoms with Crippen LogP contribution in [0, 0.1) is 5.92 Å². The van der Waals surface area contributed by atoms with Crippen LogP contribution in [0.2, 0.25) is 0 Å². The summed E-state index contributed by atoms with van der Waals surface area (Å²) in [6.45, 7) is 7.13. The first-order valence-electron chi connectivity index (χ1n) is 6.66. The van der Waals surface area contributed by atoms with Gasteiger partial charge < -0.3 is 15.7 Å². The van der Waals surface area contributed by atoms with Crippen LogP contribution in [0.3, 0.4) is 0 Å². The summed E-state index contributed by atoms with van der Waals surface area (Å²) in [4.78, 5) is 12.3. The lowest BCUT2D eigenvalue weighted by atomic mass is 9.89. The van der Waals surface area contributed by atoms with E-state index >= 15 is 0 Å². The first-order chi connectivity index (χ1) is 7.99. The molecule has 1 heterocycles. The van der Waals surface area contributed by atoms with E-state index < -0.39 is 5.54 Å². The van der Waals surface area contributed by atoms with Gasteiger partial charge in [0.25, 0.3) is 0 Å². The molecule has 4 heteroatoms. The summed E-state index contributed by atoms with van der Waals surface area (Å²) in [5, 5.41) is 15.4. The number of aliphatic hydroxyl groups excluding tert-OH is 1. The Kier molecular flexibility index (Phi) is 5.40. The van der Waals surface area contributed by atoms with E-state index in [4.69, 9.17) is 5.11 Å². The molecule has 2 unspecified atom stereocenters. The lowest BCUT2D eigenvalue weighted by Crippen LogP contribution is -2.59. The minimum absolute atomic E-state index is 0.0630. The normalized spacial score (nSPS) is 26.9. The number of carbonyl (C=O) groups excluding carboxylic acids is 1. The zero-order valence-corrected chi connectivity index (χ0v) is 11.3. The second kappa shape index (κ2) is 6.36. The molecular weight excluding hydrogens is 216 g/mol. The maximum Gasteiger partial charge on any atom is 0.240 e. The largest absolute Gasteiger partial charge is 0.396 e. The number of hydrogen-bond donors (Lipinski definition) is 3. The highest BCUT2D eigenvalue weighted by Crippen LogP contribution is 2.19. The van der Waals surface area contributed by atoms with Gasteiger partial charge >= 0.3 is 0 Å². The predicted molar refractivity (Wildman–Crippen MR) is 68.7 cm³/mol. The Bertz CT molecular complexity index is 248. The van der Waals surface area contributed by atoms with E-state index in [9.17, 15) is 4.79 Å². The van der Waals surface area contributed by atoms with Crippen molar-refractivity contribution >= 4 is 5.91 Å². The molecule has 0 bridgehead atoms. The molecule has 2 atom stereocenters. The Morgan fingerprint density at radius 1 is 1.47 bits per heavy atom. The summed E-state index contributed by atoms with van der Waals surface area (Å²) >= 11 is 0. The summed E-state index contributed by atoms with van der Waals surface area (Å²) in [7, 11) is 0. The number of aliphatic hydroxyl groups is 1. The quantitative estimate of drug-likeness (QED) is 0.675. The topological polar surface area (TPSA) is 61.4 Å². The highest BCUT2D eigenvalue weighted by Gasteiger charge is 2.35. The van der Waals surface area contributed by atoms with Crippen molar-refractivity contribution in [1.29, 1.82) is 0 Å². The number of carbonyl (C=O) groups is 1. The fourth-order valence-corrected chi connectivity index (χ4v) is 2.29. The number of hydrogen-bond acceptors (Lipinski definition) is 3. The van der Waals surface area contributed by atoms with Gasteiger partial charge in [-0.05, 0) is 45.1 Å². The van der Waals surface area contributed by atoms with E-state index in [0.29, 0.717) is 12.3 Å². The van der Waals surface area contributed by atoms with Crippen LogP contribution in [0.5, 0.6) is 0 Å². The zero-order valence-electron chi connectivity index (χ0n) is 11.3. The fourth-order valence-electron chi connectivity index (χ4n) is 2.29. The van der Waals surface area contributed by atoms with E-state index in [1.54, 1.807) is 0 Å². The lowest BCUT2D eigenvalue weighted by molar-refractivity contribution is -0.129. The van der Waals surface area contributed by atoms with Crippen molar-refractivity contribution in [2.24, 2.45) is 5.92 Å². The van der Waals surface area contributed by atoms with E-state index in [1.807, 2.05) is 6.92 Å². The third-order valence-electron chi connectivity index (χ3n) is 3.68. The standard InChI is InChI=1S/C13H26N2O2/c1-10(2)11(6-9-16)15-12(17)13(3)7-4-5-8-14-13/h10-11,14,16H,4-9H2,1-3H3,(H,15,17). The minimum Gasteiger partial charge on any atom is -0.396 e. The molecule has 0 aromatic carbocycles. The van der Waals surface area contributed by atoms with E-state index in [0.717, 1.165) is 25.8 Å². The average molecular weight is 242 g/mol. The summed E-state index contributed by atoms with van der Waals surface area (Å²) in [6.07, 6.45) is 3.76. The van der Waals surface area contributed by atoms with Crippen LogP contribution in [0.15, 0.2) is 0 Å². The molecule has 0 radical (unpaired) electrons. The summed E-state index contributed by atoms with van der Waals surface area (Å²) in [5.74, 6) is 0.419. The van der Waals surface area contributed by atoms with Gasteiger partial charge in [0.1, 0.15) is 0 Å². The van der Waals surface area contributed by atoms with Crippen molar-refractivity contribution in [3.05, 3.63) is 0 Å². The van der Waals surface area contributed by atoms with Gasteiger partial charge in [-0.15, -0.1) is 0 Å². The molecular formula is C13H26N2O2. The smallest absolute Gasteiger partial charge is 0.240 e. The Balaban J connectivity index is 2.56. The maximum absolute atomic E-state index is 12.3. The Morgan fingerprint density at radius 2 is 2.18 bits per heavy atom. The van der Waals surface area contributed by atoms with Gasteiger partial charge in [0.05, 0.1) is 5.54 Å². The molecule has 0 spiro atoms. The van der Waals surface area contributed by atoms with Crippen LogP contribution in [-0.4, -0.2) is 35.7 Å². The molecule has 1 fully saturated rings. The number of rotatable bonds is 5. The molecule has 4 nitrogen and oxygen atoms in total. The Morgan fingerprint density at radius 3 is 2.65 bits per heavy atom. The summed E-state index contributed by atoms with van der Waals surface area (Å²) < 4.78 is 0. The molecule has 3 N–H and O–H groups in total. The first kappa shape index (κ1) is 14.5. The maximum atomic E-state index is 12.3. The number of amides is 1. The number of piperidine rings is 1. The predicted octanol–water partition coefficient (Wildman–Crippen LogP) is 1.04. The summed E-state index contributed by atoms with van der Waals surface area (Å²) in [5.41, 5.74) is -0.430. The molecule has 1 aliphatic heterocycles. The van der Waals surface area contributed by atoms with E-state index in [1.165, 1.54) is 0 Å². The third-order valence-corrected chi connectivity index (χ3v) is 3.68. The second-order valence-electron chi connectivity index (χ2n) is 5.55. The molecule has 0 aromatic heterocycles. The molecule has 0 saturated carbocycles.